The van der Waals surface area contributed by atoms with Gasteiger partial charge in [0.15, 0.2) is 0 Å². The first-order valence-corrected chi connectivity index (χ1v) is 10.3. The van der Waals surface area contributed by atoms with E-state index < -0.39 is 6.43 Å². The first-order chi connectivity index (χ1) is 13.9. The van der Waals surface area contributed by atoms with Crippen molar-refractivity contribution in [2.45, 2.75) is 32.2 Å². The van der Waals surface area contributed by atoms with Gasteiger partial charge in [0.25, 0.3) is 12.3 Å². The zero-order valence-corrected chi connectivity index (χ0v) is 16.7. The summed E-state index contributed by atoms with van der Waals surface area (Å²) in [6.45, 7) is 2.77. The second kappa shape index (κ2) is 8.16. The number of amides is 1. The van der Waals surface area contributed by atoms with Gasteiger partial charge in [0, 0.05) is 24.5 Å². The highest BCUT2D eigenvalue weighted by atomic mass is 32.1. The number of likely N-dealkylation sites (tertiary alicyclic amines) is 1. The van der Waals surface area contributed by atoms with Gasteiger partial charge in [-0.25, -0.2) is 17.9 Å². The van der Waals surface area contributed by atoms with E-state index in [0.29, 0.717) is 30.8 Å². The molecule has 5 nitrogen and oxygen atoms in total. The van der Waals surface area contributed by atoms with Crippen molar-refractivity contribution in [1.82, 2.24) is 20.0 Å². The molecule has 1 amide bonds. The number of benzene rings is 1. The van der Waals surface area contributed by atoms with Crippen LogP contribution in [0.15, 0.2) is 30.3 Å². The lowest BCUT2D eigenvalue weighted by molar-refractivity contribution is 0.0697. The number of nitrogens with zero attached hydrogens (tertiary/aromatic N) is 3. The van der Waals surface area contributed by atoms with Crippen molar-refractivity contribution in [2.24, 2.45) is 0 Å². The van der Waals surface area contributed by atoms with Crippen LogP contribution in [0.1, 0.15) is 28.2 Å². The smallest absolute Gasteiger partial charge is 0.261 e. The van der Waals surface area contributed by atoms with E-state index >= 15 is 0 Å². The molecule has 0 unspecified atom stereocenters. The number of piperidine rings is 1. The summed E-state index contributed by atoms with van der Waals surface area (Å²) in [5, 5.41) is 8.41. The van der Waals surface area contributed by atoms with E-state index in [1.807, 2.05) is 13.0 Å². The van der Waals surface area contributed by atoms with Gasteiger partial charge in [-0.3, -0.25) is 9.69 Å². The number of alkyl halides is 2. The predicted octanol–water partition coefficient (Wildman–Crippen LogP) is 3.99. The largest absolute Gasteiger partial charge is 0.349 e. The molecule has 1 N–H and O–H groups in total. The van der Waals surface area contributed by atoms with E-state index in [0.717, 1.165) is 21.6 Å². The van der Waals surface area contributed by atoms with Gasteiger partial charge >= 0.3 is 0 Å². The third-order valence-electron chi connectivity index (χ3n) is 5.16. The lowest BCUT2D eigenvalue weighted by Gasteiger charge is -2.31. The Morgan fingerprint density at radius 2 is 1.97 bits per heavy atom. The summed E-state index contributed by atoms with van der Waals surface area (Å²) in [6, 6.07) is 7.85. The highest BCUT2D eigenvalue weighted by Crippen LogP contribution is 2.30. The van der Waals surface area contributed by atoms with Gasteiger partial charge in [0.05, 0.1) is 22.8 Å². The molecule has 1 saturated heterocycles. The van der Waals surface area contributed by atoms with Crippen molar-refractivity contribution >= 4 is 27.5 Å². The van der Waals surface area contributed by atoms with Crippen molar-refractivity contribution in [1.29, 1.82) is 0 Å². The number of thiophene rings is 1. The van der Waals surface area contributed by atoms with E-state index in [1.54, 1.807) is 21.7 Å². The van der Waals surface area contributed by atoms with E-state index in [-0.39, 0.29) is 24.3 Å². The van der Waals surface area contributed by atoms with Gasteiger partial charge in [-0.1, -0.05) is 0 Å². The fourth-order valence-corrected chi connectivity index (χ4v) is 4.71. The highest BCUT2D eigenvalue weighted by Gasteiger charge is 2.24. The van der Waals surface area contributed by atoms with Gasteiger partial charge in [-0.05, 0) is 50.1 Å². The van der Waals surface area contributed by atoms with Crippen molar-refractivity contribution in [2.75, 3.05) is 19.6 Å². The molecule has 1 aromatic carbocycles. The average Bonchev–Trinajstić information content (AvgIpc) is 3.25. The van der Waals surface area contributed by atoms with Crippen LogP contribution in [0.4, 0.5) is 13.2 Å². The summed E-state index contributed by atoms with van der Waals surface area (Å²) in [7, 11) is 0. The fraction of sp³-hybridized carbons (Fsp3) is 0.400. The third-order valence-corrected chi connectivity index (χ3v) is 6.27. The molecule has 9 heteroatoms. The molecule has 2 aromatic heterocycles. The van der Waals surface area contributed by atoms with Crippen LogP contribution in [0.25, 0.3) is 15.9 Å². The Bertz CT molecular complexity index is 1010. The summed E-state index contributed by atoms with van der Waals surface area (Å²) in [6.07, 6.45) is -1.01. The number of aromatic nitrogens is 2. The standard InChI is InChI=1S/C20H21F3N4OS/c1-12-16-10-17(19(28)24-14-6-8-26(9-7-14)11-18(22)23)29-20(16)27(25-12)15-4-2-13(21)3-5-15/h2-5,10,14,18H,6-9,11H2,1H3,(H,24,28). The van der Waals surface area contributed by atoms with Gasteiger partial charge in [-0.15, -0.1) is 11.3 Å². The van der Waals surface area contributed by atoms with E-state index in [4.69, 9.17) is 0 Å². The van der Waals surface area contributed by atoms with E-state index in [2.05, 4.69) is 10.4 Å². The molecular formula is C20H21F3N4OS. The van der Waals surface area contributed by atoms with E-state index in [1.165, 1.54) is 23.5 Å². The molecule has 0 atom stereocenters. The van der Waals surface area contributed by atoms with Gasteiger partial charge in [-0.2, -0.15) is 5.10 Å². The Morgan fingerprint density at radius 1 is 1.28 bits per heavy atom. The van der Waals surface area contributed by atoms with Crippen LogP contribution in [-0.4, -0.2) is 52.7 Å². The number of fused-ring (bicyclic) bond motifs is 1. The van der Waals surface area contributed by atoms with Crippen LogP contribution in [0.2, 0.25) is 0 Å². The Labute approximate surface area is 170 Å². The molecule has 0 aliphatic carbocycles. The first kappa shape index (κ1) is 19.9. The van der Waals surface area contributed by atoms with Crippen LogP contribution < -0.4 is 5.32 Å². The second-order valence-corrected chi connectivity index (χ2v) is 8.27. The zero-order chi connectivity index (χ0) is 20.5. The van der Waals surface area contributed by atoms with Crippen LogP contribution in [-0.2, 0) is 0 Å². The van der Waals surface area contributed by atoms with Crippen molar-refractivity contribution in [3.05, 3.63) is 46.7 Å². The fourth-order valence-electron chi connectivity index (χ4n) is 3.63. The predicted molar refractivity (Wildman–Crippen MR) is 107 cm³/mol. The molecule has 0 spiro atoms. The minimum absolute atomic E-state index is 0.0173. The molecular weight excluding hydrogens is 401 g/mol. The number of carbonyl (C=O) groups is 1. The molecule has 0 radical (unpaired) electrons. The maximum absolute atomic E-state index is 13.2. The number of halogens is 3. The second-order valence-electron chi connectivity index (χ2n) is 7.24. The Hall–Kier alpha value is -2.39. The summed E-state index contributed by atoms with van der Waals surface area (Å²) < 4.78 is 39.9. The molecule has 0 bridgehead atoms. The molecule has 154 valence electrons. The van der Waals surface area contributed by atoms with Crippen LogP contribution in [0, 0.1) is 12.7 Å². The molecule has 29 heavy (non-hydrogen) atoms. The maximum atomic E-state index is 13.2. The van der Waals surface area contributed by atoms with Crippen molar-refractivity contribution in [3.63, 3.8) is 0 Å². The molecule has 0 saturated carbocycles. The summed E-state index contributed by atoms with van der Waals surface area (Å²) in [5.41, 5.74) is 1.52. The average molecular weight is 422 g/mol. The maximum Gasteiger partial charge on any atom is 0.261 e. The number of hydrogen-bond acceptors (Lipinski definition) is 4. The number of carbonyl (C=O) groups excluding carboxylic acids is 1. The molecule has 3 aromatic rings. The normalized spacial score (nSPS) is 16.0. The van der Waals surface area contributed by atoms with Gasteiger partial charge in [0.1, 0.15) is 10.6 Å². The third kappa shape index (κ3) is 4.30. The lowest BCUT2D eigenvalue weighted by Crippen LogP contribution is -2.45. The van der Waals surface area contributed by atoms with Gasteiger partial charge < -0.3 is 5.32 Å². The number of hydrogen-bond donors (Lipinski definition) is 1. The lowest BCUT2D eigenvalue weighted by atomic mass is 10.0. The molecule has 1 aliphatic heterocycles. The monoisotopic (exact) mass is 422 g/mol. The highest BCUT2D eigenvalue weighted by molar-refractivity contribution is 7.20. The summed E-state index contributed by atoms with van der Waals surface area (Å²) in [5.74, 6) is -0.483. The van der Waals surface area contributed by atoms with Crippen molar-refractivity contribution in [3.8, 4) is 5.69 Å². The number of aryl methyl sites for hydroxylation is 1. The van der Waals surface area contributed by atoms with Crippen LogP contribution in [0.5, 0.6) is 0 Å². The van der Waals surface area contributed by atoms with Crippen LogP contribution in [0.3, 0.4) is 0 Å². The molecule has 1 aliphatic rings. The quantitative estimate of drug-likeness (QED) is 0.676. The Balaban J connectivity index is 1.48. The zero-order valence-electron chi connectivity index (χ0n) is 15.9. The Morgan fingerprint density at radius 3 is 2.62 bits per heavy atom. The summed E-state index contributed by atoms with van der Waals surface area (Å²) >= 11 is 1.33. The summed E-state index contributed by atoms with van der Waals surface area (Å²) in [4.78, 5) is 15.9. The first-order valence-electron chi connectivity index (χ1n) is 9.47. The van der Waals surface area contributed by atoms with Gasteiger partial charge in [0.2, 0.25) is 0 Å². The van der Waals surface area contributed by atoms with Crippen molar-refractivity contribution < 1.29 is 18.0 Å². The van der Waals surface area contributed by atoms with Crippen LogP contribution >= 0.6 is 11.3 Å². The van der Waals surface area contributed by atoms with E-state index in [9.17, 15) is 18.0 Å². The Kier molecular flexibility index (Phi) is 5.60. The minimum Gasteiger partial charge on any atom is -0.349 e. The number of nitrogens with one attached hydrogen (secondary N) is 1. The minimum atomic E-state index is -2.33. The number of rotatable bonds is 5. The molecule has 4 rings (SSSR count). The topological polar surface area (TPSA) is 50.2 Å². The molecule has 1 fully saturated rings. The SMILES string of the molecule is Cc1nn(-c2ccc(F)cc2)c2sc(C(=O)NC3CCN(CC(F)F)CC3)cc12. The molecule has 3 heterocycles.